The summed E-state index contributed by atoms with van der Waals surface area (Å²) in [5.74, 6) is -0.745. The van der Waals surface area contributed by atoms with Gasteiger partial charge in [-0.05, 0) is 0 Å². The van der Waals surface area contributed by atoms with Crippen molar-refractivity contribution in [2.75, 3.05) is 0 Å². The van der Waals surface area contributed by atoms with E-state index in [9.17, 15) is 4.79 Å². The van der Waals surface area contributed by atoms with Gasteiger partial charge in [0.15, 0.2) is 0 Å². The van der Waals surface area contributed by atoms with Gasteiger partial charge in [0.2, 0.25) is 0 Å². The van der Waals surface area contributed by atoms with Crippen LogP contribution in [-0.2, 0) is 4.79 Å². The second kappa shape index (κ2) is 10.9. The molecule has 0 unspecified atom stereocenters. The van der Waals surface area contributed by atoms with Crippen LogP contribution in [0.2, 0.25) is 0 Å². The Labute approximate surface area is 109 Å². The minimum absolute atomic E-state index is 0. The molecule has 0 aliphatic heterocycles. The molecule has 0 aromatic rings. The summed E-state index contributed by atoms with van der Waals surface area (Å²) in [6, 6.07) is 0. The average molecular weight is 158 g/mol. The van der Waals surface area contributed by atoms with Crippen LogP contribution in [0.1, 0.15) is 19.1 Å². The van der Waals surface area contributed by atoms with Crippen LogP contribution in [0.3, 0.4) is 0 Å². The monoisotopic (exact) mass is 158 g/mol. The second-order valence-corrected chi connectivity index (χ2v) is 0.747. The minimum atomic E-state index is -0.745. The summed E-state index contributed by atoms with van der Waals surface area (Å²) in [6.45, 7) is 1.60. The third kappa shape index (κ3) is 18.0. The van der Waals surface area contributed by atoms with Gasteiger partial charge in [-0.1, -0.05) is 6.92 Å². The maximum atomic E-state index is 9.37. The summed E-state index contributed by atoms with van der Waals surface area (Å²) < 4.78 is 0. The molecule has 0 aliphatic carbocycles. The summed E-state index contributed by atoms with van der Waals surface area (Å²) in [5, 5.41) is 7.72. The van der Waals surface area contributed by atoms with Crippen LogP contribution in [0, 0.1) is 0 Å². The Balaban J connectivity index is -0.00000000533. The quantitative estimate of drug-likeness (QED) is 0.552. The zero-order chi connectivity index (χ0) is 4.28. The first-order chi connectivity index (χ1) is 2.27. The van der Waals surface area contributed by atoms with Crippen molar-refractivity contribution in [3.05, 3.63) is 0 Å². The topological polar surface area (TPSA) is 37.3 Å². The van der Waals surface area contributed by atoms with Crippen molar-refractivity contribution in [2.45, 2.75) is 13.3 Å². The van der Waals surface area contributed by atoms with Crippen LogP contribution in [0.5, 0.6) is 0 Å². The standard InChI is InChI=1S/C3H6O2.2Ca.4H/c1-2-3(4)5;;;;;;/h2H2,1H3,(H,4,5);;;;;;/q;2*+2;4*-1. The van der Waals surface area contributed by atoms with E-state index in [1.807, 2.05) is 0 Å². The Morgan fingerprint density at radius 2 is 1.86 bits per heavy atom. The van der Waals surface area contributed by atoms with Crippen LogP contribution < -0.4 is 0 Å². The van der Waals surface area contributed by atoms with Crippen LogP contribution >= 0.6 is 0 Å². The molecule has 7 heavy (non-hydrogen) atoms. The number of hydrogen-bond acceptors (Lipinski definition) is 1. The van der Waals surface area contributed by atoms with Crippen molar-refractivity contribution in [1.82, 2.24) is 0 Å². The number of carbonyl (C=O) groups is 1. The molecule has 0 aromatic carbocycles. The molecule has 0 radical (unpaired) electrons. The molecule has 0 atom stereocenters. The largest absolute Gasteiger partial charge is 2.00 e. The molecule has 0 saturated heterocycles. The van der Waals surface area contributed by atoms with Crippen molar-refractivity contribution in [2.24, 2.45) is 0 Å². The first kappa shape index (κ1) is 16.0. The number of aliphatic carboxylic acids is 1. The van der Waals surface area contributed by atoms with Crippen LogP contribution in [-0.4, -0.2) is 86.6 Å². The zero-order valence-corrected chi connectivity index (χ0v) is 8.89. The van der Waals surface area contributed by atoms with Crippen LogP contribution in [0.25, 0.3) is 0 Å². The Morgan fingerprint density at radius 1 is 1.71 bits per heavy atom. The van der Waals surface area contributed by atoms with Gasteiger partial charge in [0, 0.05) is 6.42 Å². The Bertz CT molecular complexity index is 56.6. The molecule has 0 amide bonds. The summed E-state index contributed by atoms with van der Waals surface area (Å²) in [6.07, 6.45) is 0.222. The first-order valence-corrected chi connectivity index (χ1v) is 1.49. The van der Waals surface area contributed by atoms with E-state index in [4.69, 9.17) is 5.11 Å². The molecule has 0 spiro atoms. The fraction of sp³-hybridized carbons (Fsp3) is 0.667. The summed E-state index contributed by atoms with van der Waals surface area (Å²) in [5.41, 5.74) is 0. The normalized spacial score (nSPS) is 5.29. The van der Waals surface area contributed by atoms with Gasteiger partial charge >= 0.3 is 81.4 Å². The SMILES string of the molecule is CCC(=O)O.[Ca+2].[Ca+2].[H-].[H-].[H-].[H-]. The maximum Gasteiger partial charge on any atom is 2.00 e. The van der Waals surface area contributed by atoms with E-state index in [0.29, 0.717) is 0 Å². The van der Waals surface area contributed by atoms with Crippen molar-refractivity contribution in [3.63, 3.8) is 0 Å². The molecule has 0 bridgehead atoms. The predicted molar refractivity (Wildman–Crippen MR) is 33.9 cm³/mol. The van der Waals surface area contributed by atoms with Gasteiger partial charge in [0.1, 0.15) is 0 Å². The van der Waals surface area contributed by atoms with Gasteiger partial charge in [-0.3, -0.25) is 4.79 Å². The molecule has 0 fully saturated rings. The Kier molecular flexibility index (Phi) is 24.9. The molecule has 0 aliphatic rings. The number of rotatable bonds is 1. The van der Waals surface area contributed by atoms with Crippen molar-refractivity contribution in [3.8, 4) is 0 Å². The van der Waals surface area contributed by atoms with Crippen molar-refractivity contribution in [1.29, 1.82) is 0 Å². The third-order valence-electron chi connectivity index (χ3n) is 0.302. The van der Waals surface area contributed by atoms with Gasteiger partial charge in [-0.25, -0.2) is 0 Å². The van der Waals surface area contributed by atoms with Gasteiger partial charge in [-0.2, -0.15) is 0 Å². The molecule has 0 rings (SSSR count). The van der Waals surface area contributed by atoms with E-state index in [1.165, 1.54) is 0 Å². The van der Waals surface area contributed by atoms with Crippen LogP contribution in [0.4, 0.5) is 0 Å². The third-order valence-corrected chi connectivity index (χ3v) is 0.302. The van der Waals surface area contributed by atoms with Crippen LogP contribution in [0.15, 0.2) is 0 Å². The first-order valence-electron chi connectivity index (χ1n) is 1.49. The smallest absolute Gasteiger partial charge is 1.00 e. The summed E-state index contributed by atoms with van der Waals surface area (Å²) in [7, 11) is 0. The molecule has 4 heteroatoms. The van der Waals surface area contributed by atoms with Gasteiger partial charge in [-0.15, -0.1) is 0 Å². The summed E-state index contributed by atoms with van der Waals surface area (Å²) in [4.78, 5) is 9.37. The maximum absolute atomic E-state index is 9.37. The number of hydrogen-bond donors (Lipinski definition) is 1. The summed E-state index contributed by atoms with van der Waals surface area (Å²) >= 11 is 0. The van der Waals surface area contributed by atoms with Crippen molar-refractivity contribution >= 4 is 81.4 Å². The predicted octanol–water partition coefficient (Wildman–Crippen LogP) is 0.169. The van der Waals surface area contributed by atoms with E-state index in [1.54, 1.807) is 6.92 Å². The number of carboxylic acid groups (broad SMARTS) is 1. The molecule has 0 aromatic heterocycles. The molecule has 38 valence electrons. The Morgan fingerprint density at radius 3 is 1.86 bits per heavy atom. The Hall–Kier alpha value is 1.99. The van der Waals surface area contributed by atoms with E-state index in [2.05, 4.69) is 0 Å². The van der Waals surface area contributed by atoms with E-state index < -0.39 is 5.97 Å². The van der Waals surface area contributed by atoms with E-state index in [0.717, 1.165) is 0 Å². The molecule has 1 N–H and O–H groups in total. The fourth-order valence-corrected chi connectivity index (χ4v) is 0. The number of carboxylic acids is 1. The van der Waals surface area contributed by atoms with Gasteiger partial charge < -0.3 is 10.8 Å². The van der Waals surface area contributed by atoms with E-state index in [-0.39, 0.29) is 87.6 Å². The fourth-order valence-electron chi connectivity index (χ4n) is 0. The minimum Gasteiger partial charge on any atom is -1.00 e. The zero-order valence-electron chi connectivity index (χ0n) is 8.48. The molecule has 0 saturated carbocycles. The van der Waals surface area contributed by atoms with Gasteiger partial charge in [0.05, 0.1) is 0 Å². The van der Waals surface area contributed by atoms with Gasteiger partial charge in [0.25, 0.3) is 0 Å². The average Bonchev–Trinajstić information content (AvgIpc) is 1.38. The van der Waals surface area contributed by atoms with Crippen molar-refractivity contribution < 1.29 is 15.6 Å². The molecular formula is C3H10Ca2O2. The molecule has 2 nitrogen and oxygen atoms in total. The molecular weight excluding hydrogens is 148 g/mol. The molecule has 0 heterocycles. The van der Waals surface area contributed by atoms with E-state index >= 15 is 0 Å². The second-order valence-electron chi connectivity index (χ2n) is 0.747.